The van der Waals surface area contributed by atoms with E-state index >= 15 is 0 Å². The average molecular weight is 366 g/mol. The fourth-order valence-electron chi connectivity index (χ4n) is 3.39. The van der Waals surface area contributed by atoms with E-state index in [1.54, 1.807) is 31.2 Å². The summed E-state index contributed by atoms with van der Waals surface area (Å²) in [5.41, 5.74) is 0.628. The predicted octanol–water partition coefficient (Wildman–Crippen LogP) is 2.75. The minimum Gasteiger partial charge on any atom is -0.463 e. The number of ketones is 1. The molecule has 4 rings (SSSR count). The lowest BCUT2D eigenvalue weighted by molar-refractivity contribution is -0.137. The lowest BCUT2D eigenvalue weighted by Gasteiger charge is -2.16. The van der Waals surface area contributed by atoms with Gasteiger partial charge in [0.15, 0.2) is 5.82 Å². The zero-order valence-electron chi connectivity index (χ0n) is 14.4. The molecule has 0 N–H and O–H groups in total. The summed E-state index contributed by atoms with van der Waals surface area (Å²) in [7, 11) is 0. The number of aromatic nitrogens is 2. The number of esters is 1. The minimum atomic E-state index is -0.754. The van der Waals surface area contributed by atoms with Gasteiger partial charge in [0, 0.05) is 6.08 Å². The standard InChI is InChI=1S/C20H15FN2O4/c1-2-27-17(24)8-4-11-3-6-15-13(9-11)20(26)23-16-7-5-12(21)10-14(16)18(25)19(23)22-15/h3-10,14,16H,2H2,1H3/b8-4+. The topological polar surface area (TPSA) is 78.3 Å². The SMILES string of the molecule is CCOC(=O)/C=C/c1ccc2nc3n(c(=O)c2c1)C1C=CC(F)=CC1C3=O. The highest BCUT2D eigenvalue weighted by atomic mass is 19.1. The van der Waals surface area contributed by atoms with Crippen LogP contribution in [0, 0.1) is 5.92 Å². The highest BCUT2D eigenvalue weighted by molar-refractivity contribution is 6.00. The van der Waals surface area contributed by atoms with Gasteiger partial charge in [0.2, 0.25) is 5.78 Å². The maximum absolute atomic E-state index is 13.5. The molecule has 0 radical (unpaired) electrons. The molecule has 2 aromatic rings. The van der Waals surface area contributed by atoms with Crippen LogP contribution in [0.3, 0.4) is 0 Å². The molecule has 2 aliphatic rings. The Hall–Kier alpha value is -3.35. The Balaban J connectivity index is 1.81. The van der Waals surface area contributed by atoms with Gasteiger partial charge in [0.25, 0.3) is 5.56 Å². The third-order valence-electron chi connectivity index (χ3n) is 4.60. The number of hydrogen-bond donors (Lipinski definition) is 0. The molecule has 136 valence electrons. The number of ether oxygens (including phenoxy) is 1. The lowest BCUT2D eigenvalue weighted by Crippen LogP contribution is -2.25. The first-order valence-electron chi connectivity index (χ1n) is 8.50. The van der Waals surface area contributed by atoms with Gasteiger partial charge >= 0.3 is 5.97 Å². The highest BCUT2D eigenvalue weighted by Gasteiger charge is 2.41. The normalized spacial score (nSPS) is 20.7. The van der Waals surface area contributed by atoms with E-state index in [1.165, 1.54) is 28.9 Å². The number of allylic oxidation sites excluding steroid dienone is 4. The zero-order chi connectivity index (χ0) is 19.1. The summed E-state index contributed by atoms with van der Waals surface area (Å²) in [6.45, 7) is 1.99. The van der Waals surface area contributed by atoms with Crippen molar-refractivity contribution in [3.05, 3.63) is 70.1 Å². The van der Waals surface area contributed by atoms with Gasteiger partial charge in [-0.25, -0.2) is 14.2 Å². The molecule has 2 heterocycles. The second kappa shape index (κ2) is 6.42. The van der Waals surface area contributed by atoms with E-state index in [4.69, 9.17) is 4.74 Å². The molecule has 1 aromatic heterocycles. The molecular formula is C20H15FN2O4. The Morgan fingerprint density at radius 3 is 2.96 bits per heavy atom. The summed E-state index contributed by atoms with van der Waals surface area (Å²) >= 11 is 0. The molecule has 7 heteroatoms. The van der Waals surface area contributed by atoms with Gasteiger partial charge in [0.1, 0.15) is 5.83 Å². The number of halogens is 1. The van der Waals surface area contributed by atoms with Crippen LogP contribution in [0.25, 0.3) is 17.0 Å². The smallest absolute Gasteiger partial charge is 0.330 e. The van der Waals surface area contributed by atoms with Crippen LogP contribution in [0.4, 0.5) is 4.39 Å². The molecular weight excluding hydrogens is 351 g/mol. The number of Topliss-reactive ketones (excluding diaryl/α,β-unsaturated/α-hetero) is 1. The van der Waals surface area contributed by atoms with E-state index in [2.05, 4.69) is 4.98 Å². The third kappa shape index (κ3) is 2.81. The van der Waals surface area contributed by atoms with E-state index in [1.807, 2.05) is 0 Å². The van der Waals surface area contributed by atoms with Gasteiger partial charge < -0.3 is 4.74 Å². The molecule has 0 fully saturated rings. The number of hydrogen-bond acceptors (Lipinski definition) is 5. The molecule has 0 saturated heterocycles. The van der Waals surface area contributed by atoms with Crippen molar-refractivity contribution in [1.29, 1.82) is 0 Å². The van der Waals surface area contributed by atoms with Gasteiger partial charge in [-0.15, -0.1) is 0 Å². The molecule has 1 aliphatic carbocycles. The van der Waals surface area contributed by atoms with Crippen LogP contribution in [0.5, 0.6) is 0 Å². The molecule has 0 spiro atoms. The van der Waals surface area contributed by atoms with Crippen LogP contribution in [-0.2, 0) is 9.53 Å². The van der Waals surface area contributed by atoms with Crippen LogP contribution in [0.15, 0.2) is 53.1 Å². The first-order valence-corrected chi connectivity index (χ1v) is 8.50. The molecule has 6 nitrogen and oxygen atoms in total. The Bertz CT molecular complexity index is 1130. The second-order valence-electron chi connectivity index (χ2n) is 6.26. The van der Waals surface area contributed by atoms with Crippen molar-refractivity contribution in [2.24, 2.45) is 5.92 Å². The maximum Gasteiger partial charge on any atom is 0.330 e. The molecule has 0 amide bonds. The van der Waals surface area contributed by atoms with Crippen molar-refractivity contribution in [1.82, 2.24) is 9.55 Å². The number of nitrogens with zero attached hydrogens (tertiary/aromatic N) is 2. The summed E-state index contributed by atoms with van der Waals surface area (Å²) in [5, 5.41) is 0.321. The van der Waals surface area contributed by atoms with Gasteiger partial charge in [0.05, 0.1) is 29.5 Å². The Morgan fingerprint density at radius 2 is 2.19 bits per heavy atom. The van der Waals surface area contributed by atoms with Crippen molar-refractivity contribution in [2.45, 2.75) is 13.0 Å². The summed E-state index contributed by atoms with van der Waals surface area (Å²) in [4.78, 5) is 41.3. The van der Waals surface area contributed by atoms with Gasteiger partial charge in [-0.1, -0.05) is 12.1 Å². The summed E-state index contributed by atoms with van der Waals surface area (Å²) in [5.74, 6) is -2.06. The number of benzene rings is 1. The van der Waals surface area contributed by atoms with Crippen molar-refractivity contribution >= 4 is 28.7 Å². The average Bonchev–Trinajstić information content (AvgIpc) is 2.93. The molecule has 0 bridgehead atoms. The molecule has 2 unspecified atom stereocenters. The van der Waals surface area contributed by atoms with Gasteiger partial charge in [-0.05, 0) is 42.8 Å². The Morgan fingerprint density at radius 1 is 1.37 bits per heavy atom. The summed E-state index contributed by atoms with van der Waals surface area (Å²) in [6.07, 6.45) is 6.80. The van der Waals surface area contributed by atoms with Crippen LogP contribution < -0.4 is 5.56 Å². The van der Waals surface area contributed by atoms with Crippen molar-refractivity contribution in [2.75, 3.05) is 6.61 Å². The van der Waals surface area contributed by atoms with Crippen LogP contribution in [-0.4, -0.2) is 27.9 Å². The minimum absolute atomic E-state index is 0.0351. The fraction of sp³-hybridized carbons (Fsp3) is 0.200. The van der Waals surface area contributed by atoms with E-state index in [-0.39, 0.29) is 23.8 Å². The van der Waals surface area contributed by atoms with Gasteiger partial charge in [-0.3, -0.25) is 14.2 Å². The predicted molar refractivity (Wildman–Crippen MR) is 96.9 cm³/mol. The second-order valence-corrected chi connectivity index (χ2v) is 6.26. The first-order chi connectivity index (χ1) is 13.0. The van der Waals surface area contributed by atoms with Crippen molar-refractivity contribution in [3.8, 4) is 0 Å². The summed E-state index contributed by atoms with van der Waals surface area (Å²) in [6, 6.07) is 4.33. The van der Waals surface area contributed by atoms with E-state index < -0.39 is 23.8 Å². The molecule has 2 atom stereocenters. The van der Waals surface area contributed by atoms with E-state index in [9.17, 15) is 18.8 Å². The van der Waals surface area contributed by atoms with Crippen molar-refractivity contribution < 1.29 is 18.7 Å². The quantitative estimate of drug-likeness (QED) is 0.617. The Labute approximate surface area is 153 Å². The molecule has 27 heavy (non-hydrogen) atoms. The monoisotopic (exact) mass is 366 g/mol. The highest BCUT2D eigenvalue weighted by Crippen LogP contribution is 2.36. The Kier molecular flexibility index (Phi) is 4.07. The molecule has 0 saturated carbocycles. The van der Waals surface area contributed by atoms with E-state index in [0.29, 0.717) is 16.5 Å². The number of carbonyl (C=O) groups excluding carboxylic acids is 2. The van der Waals surface area contributed by atoms with Gasteiger partial charge in [-0.2, -0.15) is 0 Å². The number of carbonyl (C=O) groups is 2. The molecule has 1 aliphatic heterocycles. The largest absolute Gasteiger partial charge is 0.463 e. The maximum atomic E-state index is 13.5. The zero-order valence-corrected chi connectivity index (χ0v) is 14.4. The van der Waals surface area contributed by atoms with E-state index in [0.717, 1.165) is 0 Å². The number of fused-ring (bicyclic) bond motifs is 4. The first kappa shape index (κ1) is 17.1. The van der Waals surface area contributed by atoms with Crippen molar-refractivity contribution in [3.63, 3.8) is 0 Å². The van der Waals surface area contributed by atoms with Crippen LogP contribution in [0.2, 0.25) is 0 Å². The lowest BCUT2D eigenvalue weighted by atomic mass is 9.94. The fourth-order valence-corrected chi connectivity index (χ4v) is 3.39. The van der Waals surface area contributed by atoms with Crippen LogP contribution in [0.1, 0.15) is 29.1 Å². The number of rotatable bonds is 3. The van der Waals surface area contributed by atoms with Crippen LogP contribution >= 0.6 is 0 Å². The summed E-state index contributed by atoms with van der Waals surface area (Å²) < 4.78 is 19.7. The third-order valence-corrected chi connectivity index (χ3v) is 4.60. The molecule has 1 aromatic carbocycles.